The van der Waals surface area contributed by atoms with Crippen LogP contribution in [0.2, 0.25) is 5.02 Å². The molecular formula is C16H12ClNO5. The van der Waals surface area contributed by atoms with E-state index in [4.69, 9.17) is 16.3 Å². The first-order valence-electron chi connectivity index (χ1n) is 6.60. The van der Waals surface area contributed by atoms with E-state index in [1.165, 1.54) is 37.3 Å². The van der Waals surface area contributed by atoms with Crippen LogP contribution in [-0.4, -0.2) is 23.3 Å². The topological polar surface area (TPSA) is 86.5 Å². The van der Waals surface area contributed by atoms with Crippen LogP contribution < -0.4 is 0 Å². The monoisotopic (exact) mass is 333 g/mol. The number of benzene rings is 2. The van der Waals surface area contributed by atoms with Gasteiger partial charge < -0.3 is 4.74 Å². The van der Waals surface area contributed by atoms with E-state index >= 15 is 0 Å². The second-order valence-electron chi connectivity index (χ2n) is 4.71. The number of nitrogens with zero attached hydrogens (tertiary/aromatic N) is 1. The van der Waals surface area contributed by atoms with Crippen molar-refractivity contribution in [3.8, 4) is 0 Å². The summed E-state index contributed by atoms with van der Waals surface area (Å²) in [6.07, 6.45) is 0. The van der Waals surface area contributed by atoms with Crippen molar-refractivity contribution in [2.75, 3.05) is 6.61 Å². The summed E-state index contributed by atoms with van der Waals surface area (Å²) in [6.45, 7) is 0.998. The van der Waals surface area contributed by atoms with Gasteiger partial charge in [0.2, 0.25) is 0 Å². The number of carbonyl (C=O) groups excluding carboxylic acids is 2. The van der Waals surface area contributed by atoms with Crippen LogP contribution in [0.1, 0.15) is 26.3 Å². The minimum absolute atomic E-state index is 0.0584. The van der Waals surface area contributed by atoms with Gasteiger partial charge >= 0.3 is 5.97 Å². The first-order chi connectivity index (χ1) is 10.9. The molecule has 6 nitrogen and oxygen atoms in total. The van der Waals surface area contributed by atoms with E-state index < -0.39 is 23.3 Å². The third-order valence-corrected chi connectivity index (χ3v) is 3.47. The highest BCUT2D eigenvalue weighted by Gasteiger charge is 2.19. The van der Waals surface area contributed by atoms with Crippen molar-refractivity contribution in [2.24, 2.45) is 0 Å². The second-order valence-corrected chi connectivity index (χ2v) is 5.15. The highest BCUT2D eigenvalue weighted by Crippen LogP contribution is 2.21. The molecule has 0 fully saturated rings. The predicted octanol–water partition coefficient (Wildman–Crippen LogP) is 3.60. The fraction of sp³-hybridized carbons (Fsp3) is 0.125. The third kappa shape index (κ3) is 3.92. The molecule has 0 aliphatic heterocycles. The summed E-state index contributed by atoms with van der Waals surface area (Å²) in [5.74, 6) is -1.17. The Bertz CT molecular complexity index is 771. The Morgan fingerprint density at radius 1 is 1.17 bits per heavy atom. The number of nitro benzene ring substituents is 1. The number of halogens is 1. The Labute approximate surface area is 136 Å². The lowest BCUT2D eigenvalue weighted by Crippen LogP contribution is -2.15. The fourth-order valence-electron chi connectivity index (χ4n) is 1.97. The van der Waals surface area contributed by atoms with Gasteiger partial charge in [0.25, 0.3) is 5.69 Å². The highest BCUT2D eigenvalue weighted by molar-refractivity contribution is 6.30. The molecule has 0 bridgehead atoms. The van der Waals surface area contributed by atoms with Gasteiger partial charge in [-0.15, -0.1) is 0 Å². The molecule has 0 spiro atoms. The van der Waals surface area contributed by atoms with Crippen LogP contribution in [0.4, 0.5) is 5.69 Å². The van der Waals surface area contributed by atoms with Crippen molar-refractivity contribution < 1.29 is 19.2 Å². The summed E-state index contributed by atoms with van der Waals surface area (Å²) in [5.41, 5.74) is 0.436. The molecule has 0 aliphatic carbocycles. The zero-order valence-electron chi connectivity index (χ0n) is 12.1. The van der Waals surface area contributed by atoms with Gasteiger partial charge in [-0.2, -0.15) is 0 Å². The Balaban J connectivity index is 2.08. The molecule has 0 N–H and O–H groups in total. The quantitative estimate of drug-likeness (QED) is 0.361. The van der Waals surface area contributed by atoms with Gasteiger partial charge in [0.05, 0.1) is 10.5 Å². The van der Waals surface area contributed by atoms with Crippen molar-refractivity contribution in [1.29, 1.82) is 0 Å². The van der Waals surface area contributed by atoms with Gasteiger partial charge in [-0.05, 0) is 37.3 Å². The van der Waals surface area contributed by atoms with Crippen molar-refractivity contribution in [2.45, 2.75) is 6.92 Å². The SMILES string of the molecule is Cc1c(C(=O)OCC(=O)c2ccc(Cl)cc2)cccc1[N+](=O)[O-]. The molecule has 2 rings (SSSR count). The van der Waals surface area contributed by atoms with Crippen LogP contribution in [0.25, 0.3) is 0 Å². The Hall–Kier alpha value is -2.73. The van der Waals surface area contributed by atoms with Crippen molar-refractivity contribution in [1.82, 2.24) is 0 Å². The molecule has 0 radical (unpaired) electrons. The standard InChI is InChI=1S/C16H12ClNO5/c1-10-13(3-2-4-14(10)18(21)22)16(20)23-9-15(19)11-5-7-12(17)8-6-11/h2-8H,9H2,1H3. The molecule has 0 atom stereocenters. The normalized spacial score (nSPS) is 10.2. The second kappa shape index (κ2) is 7.02. The molecule has 0 aliphatic rings. The predicted molar refractivity (Wildman–Crippen MR) is 83.9 cm³/mol. The summed E-state index contributed by atoms with van der Waals surface area (Å²) in [6, 6.07) is 10.3. The Morgan fingerprint density at radius 2 is 1.83 bits per heavy atom. The largest absolute Gasteiger partial charge is 0.454 e. The highest BCUT2D eigenvalue weighted by atomic mass is 35.5. The Morgan fingerprint density at radius 3 is 2.43 bits per heavy atom. The van der Waals surface area contributed by atoms with Gasteiger partial charge in [0, 0.05) is 22.2 Å². The average Bonchev–Trinajstić information content (AvgIpc) is 2.53. The first-order valence-corrected chi connectivity index (χ1v) is 6.98. The maximum Gasteiger partial charge on any atom is 0.339 e. The van der Waals surface area contributed by atoms with Crippen LogP contribution in [0.15, 0.2) is 42.5 Å². The molecule has 23 heavy (non-hydrogen) atoms. The molecule has 0 aromatic heterocycles. The van der Waals surface area contributed by atoms with E-state index in [1.54, 1.807) is 12.1 Å². The maximum atomic E-state index is 12.0. The van der Waals surface area contributed by atoms with Gasteiger partial charge in [-0.25, -0.2) is 4.79 Å². The zero-order chi connectivity index (χ0) is 17.0. The van der Waals surface area contributed by atoms with Gasteiger partial charge in [-0.3, -0.25) is 14.9 Å². The molecule has 2 aromatic rings. The lowest BCUT2D eigenvalue weighted by atomic mass is 10.1. The number of ketones is 1. The molecule has 0 heterocycles. The van der Waals surface area contributed by atoms with E-state index in [9.17, 15) is 19.7 Å². The number of Topliss-reactive ketones (excluding diaryl/α,β-unsaturated/α-hetero) is 1. The molecule has 0 saturated heterocycles. The molecule has 7 heteroatoms. The van der Waals surface area contributed by atoms with E-state index in [2.05, 4.69) is 0 Å². The zero-order valence-corrected chi connectivity index (χ0v) is 12.9. The number of hydrogen-bond donors (Lipinski definition) is 0. The van der Waals surface area contributed by atoms with Crippen LogP contribution in [-0.2, 0) is 4.74 Å². The Kier molecular flexibility index (Phi) is 5.08. The molecule has 118 valence electrons. The molecule has 0 unspecified atom stereocenters. The van der Waals surface area contributed by atoms with Crippen LogP contribution >= 0.6 is 11.6 Å². The molecular weight excluding hydrogens is 322 g/mol. The van der Waals surface area contributed by atoms with E-state index in [1.807, 2.05) is 0 Å². The number of rotatable bonds is 5. The number of nitro groups is 1. The summed E-state index contributed by atoms with van der Waals surface area (Å²) < 4.78 is 4.95. The molecule has 2 aromatic carbocycles. The lowest BCUT2D eigenvalue weighted by molar-refractivity contribution is -0.385. The smallest absolute Gasteiger partial charge is 0.339 e. The summed E-state index contributed by atoms with van der Waals surface area (Å²) in [5, 5.41) is 11.4. The third-order valence-electron chi connectivity index (χ3n) is 3.22. The van der Waals surface area contributed by atoms with Crippen molar-refractivity contribution >= 4 is 29.0 Å². The number of esters is 1. The summed E-state index contributed by atoms with van der Waals surface area (Å²) >= 11 is 5.73. The van der Waals surface area contributed by atoms with E-state index in [0.29, 0.717) is 10.6 Å². The van der Waals surface area contributed by atoms with E-state index in [-0.39, 0.29) is 16.8 Å². The van der Waals surface area contributed by atoms with Crippen molar-refractivity contribution in [3.05, 3.63) is 74.3 Å². The lowest BCUT2D eigenvalue weighted by Gasteiger charge is -2.07. The average molecular weight is 334 g/mol. The maximum absolute atomic E-state index is 12.0. The number of hydrogen-bond acceptors (Lipinski definition) is 5. The minimum atomic E-state index is -0.784. The van der Waals surface area contributed by atoms with Gasteiger partial charge in [-0.1, -0.05) is 17.7 Å². The van der Waals surface area contributed by atoms with Gasteiger partial charge in [0.1, 0.15) is 0 Å². The van der Waals surface area contributed by atoms with E-state index in [0.717, 1.165) is 0 Å². The fourth-order valence-corrected chi connectivity index (χ4v) is 2.10. The molecule has 0 amide bonds. The first kappa shape index (κ1) is 16.6. The van der Waals surface area contributed by atoms with Crippen LogP contribution in [0.3, 0.4) is 0 Å². The van der Waals surface area contributed by atoms with Crippen LogP contribution in [0, 0.1) is 17.0 Å². The summed E-state index contributed by atoms with van der Waals surface area (Å²) in [4.78, 5) is 34.2. The van der Waals surface area contributed by atoms with Crippen molar-refractivity contribution in [3.63, 3.8) is 0 Å². The summed E-state index contributed by atoms with van der Waals surface area (Å²) in [7, 11) is 0. The number of ether oxygens (including phenoxy) is 1. The number of carbonyl (C=O) groups is 2. The minimum Gasteiger partial charge on any atom is -0.454 e. The van der Waals surface area contributed by atoms with Gasteiger partial charge in [0.15, 0.2) is 12.4 Å². The van der Waals surface area contributed by atoms with Crippen LogP contribution in [0.5, 0.6) is 0 Å². The molecule has 0 saturated carbocycles.